The second-order valence-corrected chi connectivity index (χ2v) is 4.27. The molecule has 3 aromatic rings. The lowest BCUT2D eigenvalue weighted by molar-refractivity contribution is 1.01. The van der Waals surface area contributed by atoms with Crippen molar-refractivity contribution in [2.75, 3.05) is 11.2 Å². The summed E-state index contributed by atoms with van der Waals surface area (Å²) in [5, 5.41) is 1.23. The summed E-state index contributed by atoms with van der Waals surface area (Å²) in [7, 11) is 0. The molecule has 0 aliphatic carbocycles. The van der Waals surface area contributed by atoms with Gasteiger partial charge in [0, 0.05) is 17.8 Å². The van der Waals surface area contributed by atoms with Crippen LogP contribution in [0.5, 0.6) is 0 Å². The third kappa shape index (κ3) is 1.68. The Morgan fingerprint density at radius 2 is 2.06 bits per heavy atom. The van der Waals surface area contributed by atoms with Crippen LogP contribution in [0.1, 0.15) is 5.56 Å². The van der Waals surface area contributed by atoms with Crippen molar-refractivity contribution in [3.05, 3.63) is 54.5 Å². The van der Waals surface area contributed by atoms with Gasteiger partial charge in [-0.05, 0) is 24.6 Å². The normalized spacial score (nSPS) is 10.7. The Balaban J connectivity index is 2.08. The zero-order valence-electron chi connectivity index (χ0n) is 10.1. The molecule has 3 rings (SSSR count). The lowest BCUT2D eigenvalue weighted by Gasteiger charge is -2.10. The van der Waals surface area contributed by atoms with Crippen molar-refractivity contribution in [3.8, 4) is 0 Å². The van der Waals surface area contributed by atoms with Gasteiger partial charge in [0.15, 0.2) is 0 Å². The van der Waals surface area contributed by atoms with E-state index in [4.69, 9.17) is 5.73 Å². The van der Waals surface area contributed by atoms with E-state index >= 15 is 0 Å². The van der Waals surface area contributed by atoms with Crippen molar-refractivity contribution in [1.82, 2.24) is 9.66 Å². The van der Waals surface area contributed by atoms with E-state index in [0.717, 1.165) is 11.2 Å². The summed E-state index contributed by atoms with van der Waals surface area (Å²) in [6.07, 6.45) is 5.42. The van der Waals surface area contributed by atoms with Gasteiger partial charge in [-0.3, -0.25) is 15.1 Å². The lowest BCUT2D eigenvalue weighted by atomic mass is 10.2. The van der Waals surface area contributed by atoms with Crippen molar-refractivity contribution in [3.63, 3.8) is 0 Å². The number of nitrogens with two attached hydrogens (primary N) is 1. The molecule has 2 aromatic heterocycles. The average molecular weight is 238 g/mol. The van der Waals surface area contributed by atoms with E-state index in [1.807, 2.05) is 22.9 Å². The molecule has 2 heterocycles. The Hall–Kier alpha value is -2.49. The summed E-state index contributed by atoms with van der Waals surface area (Å²) < 4.78 is 1.98. The number of aromatic nitrogens is 2. The summed E-state index contributed by atoms with van der Waals surface area (Å²) in [5.41, 5.74) is 13.0. The highest BCUT2D eigenvalue weighted by Gasteiger charge is 2.05. The second-order valence-electron chi connectivity index (χ2n) is 4.27. The van der Waals surface area contributed by atoms with E-state index in [9.17, 15) is 0 Å². The third-order valence-corrected chi connectivity index (χ3v) is 3.00. The molecule has 4 nitrogen and oxygen atoms in total. The molecule has 0 spiro atoms. The molecule has 18 heavy (non-hydrogen) atoms. The molecule has 0 unspecified atom stereocenters. The summed E-state index contributed by atoms with van der Waals surface area (Å²) in [4.78, 5) is 3.98. The second kappa shape index (κ2) is 4.07. The number of aryl methyl sites for hydroxylation is 1. The molecule has 0 amide bonds. The van der Waals surface area contributed by atoms with Crippen LogP contribution < -0.4 is 11.2 Å². The molecule has 0 bridgehead atoms. The first-order chi connectivity index (χ1) is 8.75. The lowest BCUT2D eigenvalue weighted by Crippen LogP contribution is -2.09. The highest BCUT2D eigenvalue weighted by atomic mass is 15.4. The number of fused-ring (bicyclic) bond motifs is 1. The summed E-state index contributed by atoms with van der Waals surface area (Å²) in [6.45, 7) is 2.09. The molecule has 1 aromatic carbocycles. The predicted octanol–water partition coefficient (Wildman–Crippen LogP) is 2.80. The maximum Gasteiger partial charge on any atom is 0.0806 e. The molecule has 0 saturated heterocycles. The predicted molar refractivity (Wildman–Crippen MR) is 74.3 cm³/mol. The molecule has 0 fully saturated rings. The van der Waals surface area contributed by atoms with Crippen LogP contribution in [0.2, 0.25) is 0 Å². The van der Waals surface area contributed by atoms with Gasteiger partial charge in [-0.2, -0.15) is 0 Å². The van der Waals surface area contributed by atoms with Crippen LogP contribution in [0.25, 0.3) is 10.9 Å². The molecule has 0 radical (unpaired) electrons. The van der Waals surface area contributed by atoms with E-state index in [2.05, 4.69) is 35.7 Å². The molecule has 0 saturated carbocycles. The van der Waals surface area contributed by atoms with Gasteiger partial charge in [0.05, 0.1) is 23.1 Å². The number of para-hydroxylation sites is 1. The van der Waals surface area contributed by atoms with E-state index in [1.54, 1.807) is 12.4 Å². The van der Waals surface area contributed by atoms with Gasteiger partial charge < -0.3 is 5.73 Å². The number of nitrogens with one attached hydrogen (secondary N) is 1. The maximum absolute atomic E-state index is 5.88. The first-order valence-electron chi connectivity index (χ1n) is 5.79. The minimum atomic E-state index is 0.632. The largest absolute Gasteiger partial charge is 0.396 e. The van der Waals surface area contributed by atoms with Crippen LogP contribution in [0.4, 0.5) is 11.4 Å². The van der Waals surface area contributed by atoms with Crippen molar-refractivity contribution in [1.29, 1.82) is 0 Å². The fourth-order valence-electron chi connectivity index (χ4n) is 2.08. The minimum Gasteiger partial charge on any atom is -0.396 e. The Morgan fingerprint density at radius 3 is 2.89 bits per heavy atom. The van der Waals surface area contributed by atoms with Gasteiger partial charge in [-0.15, -0.1) is 0 Å². The van der Waals surface area contributed by atoms with E-state index in [1.165, 1.54) is 10.9 Å². The zero-order chi connectivity index (χ0) is 12.5. The molecule has 3 N–H and O–H groups in total. The smallest absolute Gasteiger partial charge is 0.0806 e. The highest BCUT2D eigenvalue weighted by molar-refractivity contribution is 5.84. The average Bonchev–Trinajstić information content (AvgIpc) is 2.70. The van der Waals surface area contributed by atoms with Crippen molar-refractivity contribution >= 4 is 22.3 Å². The number of rotatable bonds is 2. The van der Waals surface area contributed by atoms with Crippen molar-refractivity contribution in [2.45, 2.75) is 6.92 Å². The number of nitrogen functional groups attached to an aromatic ring is 1. The van der Waals surface area contributed by atoms with E-state index < -0.39 is 0 Å². The van der Waals surface area contributed by atoms with Crippen LogP contribution in [0, 0.1) is 6.92 Å². The first-order valence-corrected chi connectivity index (χ1v) is 5.79. The van der Waals surface area contributed by atoms with Crippen LogP contribution >= 0.6 is 0 Å². The van der Waals surface area contributed by atoms with Crippen molar-refractivity contribution in [2.24, 2.45) is 0 Å². The standard InChI is InChI=1S/C14H14N4/c1-10-9-18(14-5-3-2-4-11(10)14)17-13-6-7-16-8-12(13)15/h2-9H,15H2,1H3,(H,16,17). The number of benzene rings is 1. The highest BCUT2D eigenvalue weighted by Crippen LogP contribution is 2.22. The third-order valence-electron chi connectivity index (χ3n) is 3.00. The molecule has 0 atom stereocenters. The quantitative estimate of drug-likeness (QED) is 0.721. The van der Waals surface area contributed by atoms with Gasteiger partial charge in [-0.25, -0.2) is 0 Å². The summed E-state index contributed by atoms with van der Waals surface area (Å²) in [6, 6.07) is 10.1. The topological polar surface area (TPSA) is 55.9 Å². The fraction of sp³-hybridized carbons (Fsp3) is 0.0714. The number of hydrogen-bond donors (Lipinski definition) is 2. The van der Waals surface area contributed by atoms with Gasteiger partial charge in [0.25, 0.3) is 0 Å². The molecule has 90 valence electrons. The minimum absolute atomic E-state index is 0.632. The van der Waals surface area contributed by atoms with Crippen LogP contribution in [0.15, 0.2) is 48.9 Å². The number of pyridine rings is 1. The molecular weight excluding hydrogens is 224 g/mol. The Bertz CT molecular complexity index is 700. The molecule has 0 aliphatic rings. The maximum atomic E-state index is 5.88. The van der Waals surface area contributed by atoms with Crippen LogP contribution in [-0.4, -0.2) is 9.66 Å². The number of anilines is 2. The summed E-state index contributed by atoms with van der Waals surface area (Å²) in [5.74, 6) is 0. The number of hydrogen-bond acceptors (Lipinski definition) is 3. The first kappa shape index (κ1) is 10.7. The Labute approximate surface area is 105 Å². The van der Waals surface area contributed by atoms with Gasteiger partial charge in [-0.1, -0.05) is 18.2 Å². The monoisotopic (exact) mass is 238 g/mol. The van der Waals surface area contributed by atoms with E-state index in [-0.39, 0.29) is 0 Å². The SMILES string of the molecule is Cc1cn(Nc2ccncc2N)c2ccccc12. The van der Waals surface area contributed by atoms with Gasteiger partial charge >= 0.3 is 0 Å². The molecule has 0 aliphatic heterocycles. The summed E-state index contributed by atoms with van der Waals surface area (Å²) >= 11 is 0. The molecule has 4 heteroatoms. The zero-order valence-corrected chi connectivity index (χ0v) is 10.1. The van der Waals surface area contributed by atoms with Crippen LogP contribution in [-0.2, 0) is 0 Å². The number of nitrogens with zero attached hydrogens (tertiary/aromatic N) is 2. The Morgan fingerprint density at radius 1 is 1.22 bits per heavy atom. The fourth-order valence-corrected chi connectivity index (χ4v) is 2.08. The van der Waals surface area contributed by atoms with Gasteiger partial charge in [0.2, 0.25) is 0 Å². The van der Waals surface area contributed by atoms with E-state index in [0.29, 0.717) is 5.69 Å². The van der Waals surface area contributed by atoms with Crippen molar-refractivity contribution < 1.29 is 0 Å². The molecular formula is C14H14N4. The van der Waals surface area contributed by atoms with Gasteiger partial charge in [0.1, 0.15) is 0 Å². The Kier molecular flexibility index (Phi) is 2.41. The van der Waals surface area contributed by atoms with Crippen LogP contribution in [0.3, 0.4) is 0 Å².